The molecule has 0 fully saturated rings. The molecule has 0 saturated heterocycles. The minimum atomic E-state index is -3.54. The van der Waals surface area contributed by atoms with Crippen LogP contribution in [0.2, 0.25) is 5.02 Å². The predicted octanol–water partition coefficient (Wildman–Crippen LogP) is 1.30. The van der Waals surface area contributed by atoms with E-state index in [-0.39, 0.29) is 12.3 Å². The van der Waals surface area contributed by atoms with E-state index in [9.17, 15) is 8.42 Å². The van der Waals surface area contributed by atoms with Gasteiger partial charge in [-0.15, -0.1) is 0 Å². The van der Waals surface area contributed by atoms with Crippen LogP contribution in [0.4, 0.5) is 0 Å². The van der Waals surface area contributed by atoms with Crippen molar-refractivity contribution in [3.63, 3.8) is 0 Å². The van der Waals surface area contributed by atoms with Crippen LogP contribution < -0.4 is 10.5 Å². The van der Waals surface area contributed by atoms with Gasteiger partial charge in [0.05, 0.1) is 16.1 Å². The van der Waals surface area contributed by atoms with Crippen molar-refractivity contribution in [1.82, 2.24) is 0 Å². The zero-order valence-corrected chi connectivity index (χ0v) is 10.2. The van der Waals surface area contributed by atoms with Crippen LogP contribution >= 0.6 is 11.6 Å². The monoisotopic (exact) mass is 272 g/mol. The number of amidine groups is 1. The maximum absolute atomic E-state index is 11.2. The zero-order chi connectivity index (χ0) is 12.5. The Hall–Kier alpha value is -1.53. The molecule has 2 rings (SSSR count). The van der Waals surface area contributed by atoms with Gasteiger partial charge in [-0.25, -0.2) is 13.4 Å². The third-order valence-corrected chi connectivity index (χ3v) is 3.62. The quantitative estimate of drug-likeness (QED) is 0.899. The van der Waals surface area contributed by atoms with Crippen molar-refractivity contribution in [1.29, 1.82) is 0 Å². The molecule has 1 aliphatic heterocycles. The van der Waals surface area contributed by atoms with E-state index in [0.29, 0.717) is 10.8 Å². The highest BCUT2D eigenvalue weighted by Crippen LogP contribution is 2.24. The first-order valence-corrected chi connectivity index (χ1v) is 6.58. The molecule has 0 unspecified atom stereocenters. The molecular weight excluding hydrogens is 264 g/mol. The molecule has 1 aromatic rings. The Balaban J connectivity index is 2.09. The number of nitrogens with two attached hydrogens (primary N) is 1. The van der Waals surface area contributed by atoms with Crippen LogP contribution in [-0.4, -0.2) is 20.2 Å². The van der Waals surface area contributed by atoms with Gasteiger partial charge in [-0.1, -0.05) is 23.7 Å². The van der Waals surface area contributed by atoms with Crippen molar-refractivity contribution in [2.75, 3.05) is 6.61 Å². The topological polar surface area (TPSA) is 81.8 Å². The Labute approximate surface area is 103 Å². The van der Waals surface area contributed by atoms with E-state index < -0.39 is 15.0 Å². The van der Waals surface area contributed by atoms with Gasteiger partial charge in [0, 0.05) is 0 Å². The molecule has 1 aromatic carbocycles. The van der Waals surface area contributed by atoms with Crippen molar-refractivity contribution in [2.24, 2.45) is 10.7 Å². The van der Waals surface area contributed by atoms with Gasteiger partial charge in [-0.3, -0.25) is 0 Å². The Morgan fingerprint density at radius 3 is 2.65 bits per heavy atom. The average molecular weight is 273 g/mol. The number of rotatable bonds is 3. The summed E-state index contributed by atoms with van der Waals surface area (Å²) in [7, 11) is -3.54. The molecule has 1 heterocycles. The predicted molar refractivity (Wildman–Crippen MR) is 65.6 cm³/mol. The van der Waals surface area contributed by atoms with E-state index in [1.54, 1.807) is 24.3 Å². The minimum Gasteiger partial charge on any atom is -0.486 e. The summed E-state index contributed by atoms with van der Waals surface area (Å²) >= 11 is 5.87. The fraction of sp³-hybridized carbons (Fsp3) is 0.100. The fourth-order valence-corrected chi connectivity index (χ4v) is 2.29. The Morgan fingerprint density at radius 2 is 2.06 bits per heavy atom. The molecule has 1 aliphatic rings. The highest BCUT2D eigenvalue weighted by molar-refractivity contribution is 8.09. The standard InChI is InChI=1S/C10H9ClN2O3S/c11-8-3-1-2-4-9(8)16-5-7-6-17(14,15)10(12)13-7/h1-4,6H,5H2,(H2,12,13). The smallest absolute Gasteiger partial charge is 0.234 e. The van der Waals surface area contributed by atoms with Crippen molar-refractivity contribution >= 4 is 26.6 Å². The molecule has 0 amide bonds. The van der Waals surface area contributed by atoms with Crippen molar-refractivity contribution in [2.45, 2.75) is 0 Å². The lowest BCUT2D eigenvalue weighted by atomic mass is 10.3. The van der Waals surface area contributed by atoms with Crippen LogP contribution in [0.5, 0.6) is 5.75 Å². The number of nitrogens with zero attached hydrogens (tertiary/aromatic N) is 1. The zero-order valence-electron chi connectivity index (χ0n) is 8.63. The van der Waals surface area contributed by atoms with Crippen LogP contribution in [0.3, 0.4) is 0 Å². The summed E-state index contributed by atoms with van der Waals surface area (Å²) in [6.07, 6.45) is 0. The first kappa shape index (κ1) is 11.9. The number of hydrogen-bond donors (Lipinski definition) is 1. The van der Waals surface area contributed by atoms with Crippen LogP contribution in [0.15, 0.2) is 40.4 Å². The molecule has 0 bridgehead atoms. The number of benzene rings is 1. The molecule has 90 valence electrons. The SMILES string of the molecule is NC1=NC(COc2ccccc2Cl)=CS1(=O)=O. The molecule has 5 nitrogen and oxygen atoms in total. The van der Waals surface area contributed by atoms with Gasteiger partial charge in [-0.05, 0) is 12.1 Å². The number of hydrogen-bond acceptors (Lipinski definition) is 5. The second-order valence-corrected chi connectivity index (χ2v) is 5.47. The molecule has 0 aromatic heterocycles. The summed E-state index contributed by atoms with van der Waals surface area (Å²) < 4.78 is 27.8. The van der Waals surface area contributed by atoms with E-state index in [2.05, 4.69) is 4.99 Å². The van der Waals surface area contributed by atoms with Crippen LogP contribution in [-0.2, 0) is 9.84 Å². The van der Waals surface area contributed by atoms with Gasteiger partial charge in [-0.2, -0.15) is 0 Å². The summed E-state index contributed by atoms with van der Waals surface area (Å²) in [5.41, 5.74) is 5.48. The molecular formula is C10H9ClN2O3S. The molecule has 7 heteroatoms. The molecule has 0 aliphatic carbocycles. The normalized spacial score (nSPS) is 17.5. The number of halogens is 1. The third-order valence-electron chi connectivity index (χ3n) is 2.05. The lowest BCUT2D eigenvalue weighted by Gasteiger charge is -2.05. The largest absolute Gasteiger partial charge is 0.486 e. The Bertz CT molecular complexity index is 608. The molecule has 0 saturated carbocycles. The summed E-state index contributed by atoms with van der Waals surface area (Å²) in [5, 5.41) is 1.03. The molecule has 2 N–H and O–H groups in total. The van der Waals surface area contributed by atoms with Gasteiger partial charge in [0.15, 0.2) is 0 Å². The maximum atomic E-state index is 11.2. The summed E-state index contributed by atoms with van der Waals surface area (Å²) in [4.78, 5) is 3.69. The average Bonchev–Trinajstić information content (AvgIpc) is 2.52. The number of para-hydroxylation sites is 1. The van der Waals surface area contributed by atoms with Gasteiger partial charge in [0.1, 0.15) is 12.4 Å². The molecule has 0 spiro atoms. The first-order chi connectivity index (χ1) is 7.99. The summed E-state index contributed by atoms with van der Waals surface area (Å²) in [6, 6.07) is 6.89. The van der Waals surface area contributed by atoms with Gasteiger partial charge in [0.25, 0.3) is 0 Å². The van der Waals surface area contributed by atoms with Gasteiger partial charge in [0.2, 0.25) is 15.0 Å². The van der Waals surface area contributed by atoms with E-state index >= 15 is 0 Å². The van der Waals surface area contributed by atoms with Crippen molar-refractivity contribution in [3.05, 3.63) is 40.4 Å². The highest BCUT2D eigenvalue weighted by Gasteiger charge is 2.22. The van der Waals surface area contributed by atoms with Crippen LogP contribution in [0, 0.1) is 0 Å². The van der Waals surface area contributed by atoms with E-state index in [0.717, 1.165) is 5.41 Å². The van der Waals surface area contributed by atoms with E-state index in [1.807, 2.05) is 0 Å². The second-order valence-electron chi connectivity index (χ2n) is 3.32. The number of ether oxygens (including phenoxy) is 1. The highest BCUT2D eigenvalue weighted by atomic mass is 35.5. The van der Waals surface area contributed by atoms with E-state index in [4.69, 9.17) is 22.1 Å². The lowest BCUT2D eigenvalue weighted by molar-refractivity contribution is 0.351. The first-order valence-electron chi connectivity index (χ1n) is 4.66. The number of aliphatic imine (C=N–C) groups is 1. The van der Waals surface area contributed by atoms with E-state index in [1.165, 1.54) is 0 Å². The molecule has 17 heavy (non-hydrogen) atoms. The van der Waals surface area contributed by atoms with Crippen molar-refractivity contribution < 1.29 is 13.2 Å². The third kappa shape index (κ3) is 2.59. The van der Waals surface area contributed by atoms with Crippen LogP contribution in [0.1, 0.15) is 0 Å². The summed E-state index contributed by atoms with van der Waals surface area (Å²) in [6.45, 7) is 0.00363. The summed E-state index contributed by atoms with van der Waals surface area (Å²) in [5.74, 6) is 0.466. The lowest BCUT2D eigenvalue weighted by Crippen LogP contribution is -2.18. The second kappa shape index (κ2) is 4.38. The Morgan fingerprint density at radius 1 is 1.35 bits per heavy atom. The van der Waals surface area contributed by atoms with Crippen LogP contribution in [0.25, 0.3) is 0 Å². The molecule has 0 radical (unpaired) electrons. The molecule has 0 atom stereocenters. The Kier molecular flexibility index (Phi) is 3.08. The van der Waals surface area contributed by atoms with Gasteiger partial charge >= 0.3 is 0 Å². The number of sulfone groups is 1. The minimum absolute atomic E-state index is 0.00363. The van der Waals surface area contributed by atoms with Gasteiger partial charge < -0.3 is 10.5 Å². The maximum Gasteiger partial charge on any atom is 0.234 e. The fourth-order valence-electron chi connectivity index (χ4n) is 1.25. The van der Waals surface area contributed by atoms with Crippen molar-refractivity contribution in [3.8, 4) is 5.75 Å².